The average molecular weight is 307 g/mol. The normalized spacial score (nSPS) is 13.1. The van der Waals surface area contributed by atoms with E-state index in [0.29, 0.717) is 37.3 Å². The fourth-order valence-corrected chi connectivity index (χ4v) is 2.71. The van der Waals surface area contributed by atoms with Crippen LogP contribution in [0.15, 0.2) is 30.3 Å². The van der Waals surface area contributed by atoms with E-state index in [0.717, 1.165) is 16.8 Å². The Hall–Kier alpha value is -2.94. The van der Waals surface area contributed by atoms with Gasteiger partial charge in [-0.2, -0.15) is 10.4 Å². The summed E-state index contributed by atoms with van der Waals surface area (Å²) in [7, 11) is 1.79. The van der Waals surface area contributed by atoms with Crippen LogP contribution in [-0.2, 0) is 19.4 Å². The second-order valence-corrected chi connectivity index (χ2v) is 5.46. The van der Waals surface area contributed by atoms with Gasteiger partial charge in [0.2, 0.25) is 0 Å². The molecule has 2 heterocycles. The van der Waals surface area contributed by atoms with E-state index >= 15 is 0 Å². The van der Waals surface area contributed by atoms with Gasteiger partial charge in [-0.25, -0.2) is 0 Å². The van der Waals surface area contributed by atoms with Gasteiger partial charge in [0.1, 0.15) is 5.82 Å². The molecule has 1 amide bonds. The van der Waals surface area contributed by atoms with Crippen molar-refractivity contribution in [1.82, 2.24) is 15.1 Å². The number of hydrogen-bond acceptors (Lipinski definition) is 5. The van der Waals surface area contributed by atoms with Crippen molar-refractivity contribution >= 4 is 11.7 Å². The zero-order chi connectivity index (χ0) is 16.2. The highest BCUT2D eigenvalue weighted by Crippen LogP contribution is 2.20. The van der Waals surface area contributed by atoms with Gasteiger partial charge in [-0.15, -0.1) is 5.10 Å². The lowest BCUT2D eigenvalue weighted by Crippen LogP contribution is -2.36. The van der Waals surface area contributed by atoms with Crippen molar-refractivity contribution in [1.29, 1.82) is 5.26 Å². The lowest BCUT2D eigenvalue weighted by atomic mass is 10.0. The standard InChI is InChI=1S/C17H17N5O/c1-19-16-10-14-11-22(8-6-15(14)20-21-16)17(23)13-4-2-3-12(9-13)5-7-18/h2-4,9-10H,5-6,8,11H2,1H3,(H,19,21). The molecule has 0 saturated carbocycles. The number of benzene rings is 1. The van der Waals surface area contributed by atoms with Crippen molar-refractivity contribution in [3.05, 3.63) is 52.7 Å². The minimum atomic E-state index is -0.0155. The van der Waals surface area contributed by atoms with E-state index in [4.69, 9.17) is 5.26 Å². The molecule has 2 aromatic rings. The number of hydrogen-bond donors (Lipinski definition) is 1. The summed E-state index contributed by atoms with van der Waals surface area (Å²) in [5.41, 5.74) is 3.46. The van der Waals surface area contributed by atoms with Crippen molar-refractivity contribution in [3.63, 3.8) is 0 Å². The number of nitrogens with zero attached hydrogens (tertiary/aromatic N) is 4. The van der Waals surface area contributed by atoms with E-state index in [1.165, 1.54) is 0 Å². The molecule has 0 fully saturated rings. The van der Waals surface area contributed by atoms with Crippen LogP contribution in [0.1, 0.15) is 27.2 Å². The van der Waals surface area contributed by atoms with Crippen molar-refractivity contribution in [2.45, 2.75) is 19.4 Å². The molecule has 0 unspecified atom stereocenters. The van der Waals surface area contributed by atoms with Crippen LogP contribution in [0.3, 0.4) is 0 Å². The third-order valence-electron chi connectivity index (χ3n) is 3.94. The summed E-state index contributed by atoms with van der Waals surface area (Å²) in [6.45, 7) is 1.16. The van der Waals surface area contributed by atoms with Gasteiger partial charge in [0, 0.05) is 32.1 Å². The Morgan fingerprint density at radius 3 is 3.04 bits per heavy atom. The van der Waals surface area contributed by atoms with E-state index in [-0.39, 0.29) is 5.91 Å². The first-order valence-electron chi connectivity index (χ1n) is 7.49. The Bertz CT molecular complexity index is 781. The molecule has 0 aliphatic carbocycles. The summed E-state index contributed by atoms with van der Waals surface area (Å²) in [6, 6.07) is 11.3. The largest absolute Gasteiger partial charge is 0.372 e. The Morgan fingerprint density at radius 1 is 1.39 bits per heavy atom. The van der Waals surface area contributed by atoms with Crippen molar-refractivity contribution < 1.29 is 4.79 Å². The van der Waals surface area contributed by atoms with Crippen LogP contribution in [0, 0.1) is 11.3 Å². The molecule has 1 aliphatic heterocycles. The fourth-order valence-electron chi connectivity index (χ4n) is 2.71. The topological polar surface area (TPSA) is 81.9 Å². The minimum absolute atomic E-state index is 0.0155. The smallest absolute Gasteiger partial charge is 0.254 e. The Labute approximate surface area is 134 Å². The van der Waals surface area contributed by atoms with Gasteiger partial charge < -0.3 is 10.2 Å². The number of nitriles is 1. The molecule has 23 heavy (non-hydrogen) atoms. The maximum atomic E-state index is 12.7. The molecule has 1 aliphatic rings. The highest BCUT2D eigenvalue weighted by atomic mass is 16.2. The summed E-state index contributed by atoms with van der Waals surface area (Å²) in [5, 5.41) is 20.0. The Kier molecular flexibility index (Phi) is 4.20. The van der Waals surface area contributed by atoms with Crippen molar-refractivity contribution in [2.24, 2.45) is 0 Å². The molecule has 0 radical (unpaired) electrons. The Morgan fingerprint density at radius 2 is 2.26 bits per heavy atom. The van der Waals surface area contributed by atoms with Gasteiger partial charge in [-0.1, -0.05) is 12.1 Å². The third-order valence-corrected chi connectivity index (χ3v) is 3.94. The van der Waals surface area contributed by atoms with Crippen LogP contribution in [0.2, 0.25) is 0 Å². The van der Waals surface area contributed by atoms with E-state index in [9.17, 15) is 4.79 Å². The van der Waals surface area contributed by atoms with Gasteiger partial charge in [-0.05, 0) is 29.3 Å². The van der Waals surface area contributed by atoms with Crippen LogP contribution in [0.4, 0.5) is 5.82 Å². The predicted octanol–water partition coefficient (Wildman–Crippen LogP) is 1.78. The fraction of sp³-hybridized carbons (Fsp3) is 0.294. The maximum absolute atomic E-state index is 12.7. The van der Waals surface area contributed by atoms with Crippen LogP contribution in [-0.4, -0.2) is 34.6 Å². The molecule has 0 spiro atoms. The minimum Gasteiger partial charge on any atom is -0.372 e. The highest BCUT2D eigenvalue weighted by Gasteiger charge is 2.23. The number of carbonyl (C=O) groups is 1. The first kappa shape index (κ1) is 15.0. The van der Waals surface area contributed by atoms with Gasteiger partial charge >= 0.3 is 0 Å². The first-order chi connectivity index (χ1) is 11.2. The molecule has 0 atom stereocenters. The quantitative estimate of drug-likeness (QED) is 0.934. The average Bonchev–Trinajstić information content (AvgIpc) is 2.60. The molecule has 1 aromatic carbocycles. The van der Waals surface area contributed by atoms with Crippen LogP contribution in [0.5, 0.6) is 0 Å². The zero-order valence-corrected chi connectivity index (χ0v) is 12.9. The molecule has 3 rings (SSSR count). The molecule has 6 nitrogen and oxygen atoms in total. The van der Waals surface area contributed by atoms with E-state index < -0.39 is 0 Å². The summed E-state index contributed by atoms with van der Waals surface area (Å²) in [5.74, 6) is 0.687. The van der Waals surface area contributed by atoms with Crippen molar-refractivity contribution in [2.75, 3.05) is 18.9 Å². The summed E-state index contributed by atoms with van der Waals surface area (Å²) >= 11 is 0. The predicted molar refractivity (Wildman–Crippen MR) is 85.8 cm³/mol. The van der Waals surface area contributed by atoms with E-state index in [2.05, 4.69) is 21.6 Å². The van der Waals surface area contributed by atoms with Crippen LogP contribution >= 0.6 is 0 Å². The number of amides is 1. The molecule has 0 saturated heterocycles. The van der Waals surface area contributed by atoms with E-state index in [1.807, 2.05) is 23.1 Å². The zero-order valence-electron chi connectivity index (χ0n) is 12.9. The molecule has 116 valence electrons. The highest BCUT2D eigenvalue weighted by molar-refractivity contribution is 5.94. The third kappa shape index (κ3) is 3.14. The lowest BCUT2D eigenvalue weighted by molar-refractivity contribution is 0.0733. The SMILES string of the molecule is CNc1cc2c(nn1)CCN(C(=O)c1cccc(CC#N)c1)C2. The van der Waals surface area contributed by atoms with Crippen molar-refractivity contribution in [3.8, 4) is 6.07 Å². The monoisotopic (exact) mass is 307 g/mol. The Balaban J connectivity index is 1.81. The first-order valence-corrected chi connectivity index (χ1v) is 7.49. The van der Waals surface area contributed by atoms with Gasteiger partial charge in [-0.3, -0.25) is 4.79 Å². The molecule has 1 aromatic heterocycles. The van der Waals surface area contributed by atoms with Crippen LogP contribution in [0.25, 0.3) is 0 Å². The molecular formula is C17H17N5O. The molecular weight excluding hydrogens is 290 g/mol. The summed E-state index contributed by atoms with van der Waals surface area (Å²) in [4.78, 5) is 14.5. The van der Waals surface area contributed by atoms with Crippen LogP contribution < -0.4 is 5.32 Å². The molecule has 0 bridgehead atoms. The van der Waals surface area contributed by atoms with Gasteiger partial charge in [0.05, 0.1) is 18.2 Å². The lowest BCUT2D eigenvalue weighted by Gasteiger charge is -2.28. The second kappa shape index (κ2) is 6.44. The molecule has 1 N–H and O–H groups in total. The van der Waals surface area contributed by atoms with E-state index in [1.54, 1.807) is 19.2 Å². The summed E-state index contributed by atoms with van der Waals surface area (Å²) < 4.78 is 0. The van der Waals surface area contributed by atoms with Gasteiger partial charge in [0.15, 0.2) is 0 Å². The number of rotatable bonds is 3. The van der Waals surface area contributed by atoms with Gasteiger partial charge in [0.25, 0.3) is 5.91 Å². The number of fused-ring (bicyclic) bond motifs is 1. The number of carbonyl (C=O) groups excluding carboxylic acids is 1. The summed E-state index contributed by atoms with van der Waals surface area (Å²) in [6.07, 6.45) is 1.01. The number of anilines is 1. The number of nitrogens with one attached hydrogen (secondary N) is 1. The molecule has 6 heteroatoms. The number of aromatic nitrogens is 2. The maximum Gasteiger partial charge on any atom is 0.254 e. The second-order valence-electron chi connectivity index (χ2n) is 5.46.